The molecule has 0 radical (unpaired) electrons. The van der Waals surface area contributed by atoms with Gasteiger partial charge in [0.15, 0.2) is 0 Å². The van der Waals surface area contributed by atoms with Crippen molar-refractivity contribution in [2.24, 2.45) is 0 Å². The van der Waals surface area contributed by atoms with Crippen LogP contribution in [0.4, 0.5) is 0 Å². The van der Waals surface area contributed by atoms with Gasteiger partial charge in [-0.1, -0.05) is 55.8 Å². The third-order valence-electron chi connectivity index (χ3n) is 3.87. The summed E-state index contributed by atoms with van der Waals surface area (Å²) in [5, 5.41) is 9.26. The second-order valence-corrected chi connectivity index (χ2v) is 7.63. The number of hydrogen-bond donors (Lipinski definition) is 2. The van der Waals surface area contributed by atoms with Gasteiger partial charge in [-0.3, -0.25) is 0 Å². The number of rotatable bonds is 9. The van der Waals surface area contributed by atoms with Gasteiger partial charge in [0.25, 0.3) is 0 Å². The van der Waals surface area contributed by atoms with Crippen molar-refractivity contribution in [2.75, 3.05) is 6.61 Å². The Morgan fingerprint density at radius 1 is 1.04 bits per heavy atom. The Labute approximate surface area is 144 Å². The van der Waals surface area contributed by atoms with Crippen LogP contribution in [0.25, 0.3) is 0 Å². The molecule has 0 spiro atoms. The van der Waals surface area contributed by atoms with Gasteiger partial charge in [-0.05, 0) is 42.5 Å². The second-order valence-electron chi connectivity index (χ2n) is 5.92. The molecule has 24 heavy (non-hydrogen) atoms. The predicted molar refractivity (Wildman–Crippen MR) is 96.4 cm³/mol. The fraction of sp³-hybridized carbons (Fsp3) is 0.368. The minimum Gasteiger partial charge on any atom is -0.396 e. The number of sulfonamides is 1. The molecule has 0 aliphatic carbocycles. The van der Waals surface area contributed by atoms with Crippen LogP contribution in [0.5, 0.6) is 0 Å². The predicted octanol–water partition coefficient (Wildman–Crippen LogP) is 2.91. The highest BCUT2D eigenvalue weighted by Crippen LogP contribution is 2.15. The van der Waals surface area contributed by atoms with E-state index in [0.717, 1.165) is 24.0 Å². The standard InChI is InChI=1S/C19H25NO3S/c1-2-7-16-10-6-11-19(15-16)24(22,23)20-18(12-13-21)14-17-8-4-3-5-9-17/h3-6,8-11,15,18,20-21H,2,7,12-14H2,1H3. The van der Waals surface area contributed by atoms with E-state index in [-0.39, 0.29) is 17.5 Å². The molecule has 0 aliphatic rings. The van der Waals surface area contributed by atoms with Crippen molar-refractivity contribution in [1.29, 1.82) is 0 Å². The SMILES string of the molecule is CCCc1cccc(S(=O)(=O)NC(CCO)Cc2ccccc2)c1. The van der Waals surface area contributed by atoms with Crippen molar-refractivity contribution in [2.45, 2.75) is 43.5 Å². The summed E-state index contributed by atoms with van der Waals surface area (Å²) in [6, 6.07) is 16.4. The molecule has 1 atom stereocenters. The lowest BCUT2D eigenvalue weighted by atomic mass is 10.0. The Hall–Kier alpha value is -1.69. The average Bonchev–Trinajstić information content (AvgIpc) is 2.56. The van der Waals surface area contributed by atoms with E-state index in [9.17, 15) is 13.5 Å². The van der Waals surface area contributed by atoms with Gasteiger partial charge in [0.05, 0.1) is 4.90 Å². The van der Waals surface area contributed by atoms with Gasteiger partial charge < -0.3 is 5.11 Å². The number of benzene rings is 2. The van der Waals surface area contributed by atoms with E-state index in [1.165, 1.54) is 0 Å². The summed E-state index contributed by atoms with van der Waals surface area (Å²) >= 11 is 0. The third-order valence-corrected chi connectivity index (χ3v) is 5.39. The van der Waals surface area contributed by atoms with Crippen molar-refractivity contribution in [3.05, 3.63) is 65.7 Å². The van der Waals surface area contributed by atoms with Crippen LogP contribution in [0.1, 0.15) is 30.9 Å². The van der Waals surface area contributed by atoms with Crippen LogP contribution in [-0.2, 0) is 22.9 Å². The minimum absolute atomic E-state index is 0.0596. The van der Waals surface area contributed by atoms with Crippen LogP contribution >= 0.6 is 0 Å². The minimum atomic E-state index is -3.60. The number of nitrogens with one attached hydrogen (secondary N) is 1. The Balaban J connectivity index is 2.16. The van der Waals surface area contributed by atoms with Crippen LogP contribution < -0.4 is 4.72 Å². The maximum Gasteiger partial charge on any atom is 0.240 e. The number of aliphatic hydroxyl groups is 1. The number of aryl methyl sites for hydroxylation is 1. The molecule has 0 fully saturated rings. The average molecular weight is 347 g/mol. The highest BCUT2D eigenvalue weighted by Gasteiger charge is 2.20. The molecule has 5 heteroatoms. The molecular formula is C19H25NO3S. The molecule has 2 rings (SSSR count). The van der Waals surface area contributed by atoms with E-state index in [1.807, 2.05) is 36.4 Å². The lowest BCUT2D eigenvalue weighted by molar-refractivity contribution is 0.271. The highest BCUT2D eigenvalue weighted by atomic mass is 32.2. The lowest BCUT2D eigenvalue weighted by Gasteiger charge is -2.18. The quantitative estimate of drug-likeness (QED) is 0.733. The molecule has 0 aromatic heterocycles. The number of aliphatic hydroxyl groups excluding tert-OH is 1. The Kier molecular flexibility index (Phi) is 6.97. The molecule has 0 amide bonds. The molecule has 1 unspecified atom stereocenters. The van der Waals surface area contributed by atoms with Gasteiger partial charge in [-0.15, -0.1) is 0 Å². The summed E-state index contributed by atoms with van der Waals surface area (Å²) in [7, 11) is -3.60. The van der Waals surface area contributed by atoms with Crippen LogP contribution in [0.2, 0.25) is 0 Å². The fourth-order valence-electron chi connectivity index (χ4n) is 2.70. The van der Waals surface area contributed by atoms with Gasteiger partial charge >= 0.3 is 0 Å². The molecular weight excluding hydrogens is 322 g/mol. The van der Waals surface area contributed by atoms with Crippen LogP contribution in [0, 0.1) is 0 Å². The monoisotopic (exact) mass is 347 g/mol. The topological polar surface area (TPSA) is 66.4 Å². The molecule has 130 valence electrons. The van der Waals surface area contributed by atoms with E-state index in [2.05, 4.69) is 11.6 Å². The summed E-state index contributed by atoms with van der Waals surface area (Å²) < 4.78 is 28.1. The first kappa shape index (κ1) is 18.6. The van der Waals surface area contributed by atoms with Gasteiger partial charge in [0.1, 0.15) is 0 Å². The zero-order valence-electron chi connectivity index (χ0n) is 14.0. The van der Waals surface area contributed by atoms with Crippen molar-refractivity contribution in [3.8, 4) is 0 Å². The maximum absolute atomic E-state index is 12.7. The lowest BCUT2D eigenvalue weighted by Crippen LogP contribution is -2.37. The highest BCUT2D eigenvalue weighted by molar-refractivity contribution is 7.89. The van der Waals surface area contributed by atoms with Crippen molar-refractivity contribution in [3.63, 3.8) is 0 Å². The molecule has 0 saturated heterocycles. The normalized spacial score (nSPS) is 12.9. The van der Waals surface area contributed by atoms with Gasteiger partial charge in [0.2, 0.25) is 10.0 Å². The molecule has 2 aromatic rings. The largest absolute Gasteiger partial charge is 0.396 e. The zero-order valence-corrected chi connectivity index (χ0v) is 14.8. The molecule has 4 nitrogen and oxygen atoms in total. The van der Waals surface area contributed by atoms with Gasteiger partial charge in [-0.2, -0.15) is 0 Å². The number of hydrogen-bond acceptors (Lipinski definition) is 3. The summed E-state index contributed by atoms with van der Waals surface area (Å²) in [6.45, 7) is 2.01. The fourth-order valence-corrected chi connectivity index (χ4v) is 4.04. The molecule has 2 N–H and O–H groups in total. The maximum atomic E-state index is 12.7. The Morgan fingerprint density at radius 2 is 1.75 bits per heavy atom. The van der Waals surface area contributed by atoms with Crippen LogP contribution in [0.3, 0.4) is 0 Å². The van der Waals surface area contributed by atoms with Gasteiger partial charge in [-0.25, -0.2) is 13.1 Å². The summed E-state index contributed by atoms with van der Waals surface area (Å²) in [6.07, 6.45) is 2.75. The van der Waals surface area contributed by atoms with E-state index in [4.69, 9.17) is 0 Å². The molecule has 0 bridgehead atoms. The summed E-state index contributed by atoms with van der Waals surface area (Å²) in [5.41, 5.74) is 2.06. The molecule has 0 saturated carbocycles. The first-order valence-electron chi connectivity index (χ1n) is 8.31. The van der Waals surface area contributed by atoms with Crippen molar-refractivity contribution >= 4 is 10.0 Å². The first-order chi connectivity index (χ1) is 11.5. The van der Waals surface area contributed by atoms with Crippen LogP contribution in [0.15, 0.2) is 59.5 Å². The molecule has 2 aromatic carbocycles. The van der Waals surface area contributed by atoms with Crippen LogP contribution in [-0.4, -0.2) is 26.2 Å². The second kappa shape index (κ2) is 8.97. The summed E-state index contributed by atoms with van der Waals surface area (Å²) in [4.78, 5) is 0.282. The van der Waals surface area contributed by atoms with E-state index in [1.54, 1.807) is 18.2 Å². The van der Waals surface area contributed by atoms with E-state index < -0.39 is 10.0 Å². The zero-order chi connectivity index (χ0) is 17.4. The first-order valence-corrected chi connectivity index (χ1v) is 9.79. The Bertz CT molecular complexity index is 729. The van der Waals surface area contributed by atoms with E-state index in [0.29, 0.717) is 12.8 Å². The van der Waals surface area contributed by atoms with Crippen molar-refractivity contribution in [1.82, 2.24) is 4.72 Å². The molecule has 0 aliphatic heterocycles. The Morgan fingerprint density at radius 3 is 2.42 bits per heavy atom. The summed E-state index contributed by atoms with van der Waals surface area (Å²) in [5.74, 6) is 0. The smallest absolute Gasteiger partial charge is 0.240 e. The van der Waals surface area contributed by atoms with Gasteiger partial charge in [0, 0.05) is 12.6 Å². The van der Waals surface area contributed by atoms with E-state index >= 15 is 0 Å². The van der Waals surface area contributed by atoms with Crippen molar-refractivity contribution < 1.29 is 13.5 Å². The third kappa shape index (κ3) is 5.44. The molecule has 0 heterocycles.